The SMILES string of the molecule is ClCCCc1csc(C2COc3ccccc3C2)n1. The third kappa shape index (κ3) is 2.93. The molecule has 2 heterocycles. The predicted molar refractivity (Wildman–Crippen MR) is 79.5 cm³/mol. The molecule has 1 aliphatic heterocycles. The second-order valence-corrected chi connectivity index (χ2v) is 6.06. The molecule has 0 N–H and O–H groups in total. The molecular formula is C15H16ClNOS. The van der Waals surface area contributed by atoms with Crippen molar-refractivity contribution in [3.05, 3.63) is 45.9 Å². The van der Waals surface area contributed by atoms with E-state index in [4.69, 9.17) is 21.3 Å². The van der Waals surface area contributed by atoms with Crippen molar-refractivity contribution in [1.82, 2.24) is 4.98 Å². The summed E-state index contributed by atoms with van der Waals surface area (Å²) in [5.41, 5.74) is 2.45. The normalized spacial score (nSPS) is 17.8. The van der Waals surface area contributed by atoms with Gasteiger partial charge in [-0.05, 0) is 30.9 Å². The largest absolute Gasteiger partial charge is 0.493 e. The van der Waals surface area contributed by atoms with Crippen LogP contribution >= 0.6 is 22.9 Å². The van der Waals surface area contributed by atoms with Crippen LogP contribution in [0.2, 0.25) is 0 Å². The molecule has 0 spiro atoms. The fraction of sp³-hybridized carbons (Fsp3) is 0.400. The van der Waals surface area contributed by atoms with Gasteiger partial charge in [-0.1, -0.05) is 18.2 Å². The van der Waals surface area contributed by atoms with Crippen LogP contribution in [-0.2, 0) is 12.8 Å². The summed E-state index contributed by atoms with van der Waals surface area (Å²) in [6.07, 6.45) is 3.00. The molecule has 1 aromatic carbocycles. The first kappa shape index (κ1) is 12.9. The van der Waals surface area contributed by atoms with E-state index >= 15 is 0 Å². The van der Waals surface area contributed by atoms with Crippen molar-refractivity contribution in [3.8, 4) is 5.75 Å². The van der Waals surface area contributed by atoms with E-state index < -0.39 is 0 Å². The Morgan fingerprint density at radius 3 is 3.16 bits per heavy atom. The second kappa shape index (κ2) is 5.93. The van der Waals surface area contributed by atoms with E-state index in [-0.39, 0.29) is 0 Å². The minimum absolute atomic E-state index is 0.393. The van der Waals surface area contributed by atoms with Gasteiger partial charge in [0.2, 0.25) is 0 Å². The van der Waals surface area contributed by atoms with E-state index in [0.717, 1.165) is 31.6 Å². The lowest BCUT2D eigenvalue weighted by atomic mass is 9.97. The van der Waals surface area contributed by atoms with Crippen LogP contribution in [-0.4, -0.2) is 17.5 Å². The van der Waals surface area contributed by atoms with Crippen LogP contribution in [0.4, 0.5) is 0 Å². The monoisotopic (exact) mass is 293 g/mol. The molecule has 100 valence electrons. The molecule has 0 saturated carbocycles. The van der Waals surface area contributed by atoms with E-state index in [0.29, 0.717) is 11.8 Å². The van der Waals surface area contributed by atoms with Gasteiger partial charge >= 0.3 is 0 Å². The number of fused-ring (bicyclic) bond motifs is 1. The van der Waals surface area contributed by atoms with Gasteiger partial charge in [-0.2, -0.15) is 0 Å². The fourth-order valence-corrected chi connectivity index (χ4v) is 3.43. The Kier molecular flexibility index (Phi) is 4.04. The first-order valence-electron chi connectivity index (χ1n) is 6.58. The highest BCUT2D eigenvalue weighted by Crippen LogP contribution is 2.33. The third-order valence-corrected chi connectivity index (χ3v) is 4.69. The predicted octanol–water partition coefficient (Wildman–Crippen LogP) is 4.03. The lowest BCUT2D eigenvalue weighted by Gasteiger charge is -2.23. The average Bonchev–Trinajstić information content (AvgIpc) is 2.93. The smallest absolute Gasteiger partial charge is 0.122 e. The summed E-state index contributed by atoms with van der Waals surface area (Å²) < 4.78 is 5.83. The first-order valence-corrected chi connectivity index (χ1v) is 7.99. The van der Waals surface area contributed by atoms with Gasteiger partial charge in [0.1, 0.15) is 5.75 Å². The Labute approximate surface area is 122 Å². The van der Waals surface area contributed by atoms with Gasteiger partial charge in [-0.3, -0.25) is 0 Å². The number of aromatic nitrogens is 1. The average molecular weight is 294 g/mol. The Morgan fingerprint density at radius 2 is 2.26 bits per heavy atom. The molecule has 1 aliphatic rings. The number of para-hydroxylation sites is 1. The molecule has 1 unspecified atom stereocenters. The summed E-state index contributed by atoms with van der Waals surface area (Å²) >= 11 is 7.47. The standard InChI is InChI=1S/C15H16ClNOS/c16-7-3-5-13-10-19-15(17-13)12-8-11-4-1-2-6-14(11)18-9-12/h1-2,4,6,10,12H,3,5,7-9H2. The molecule has 4 heteroatoms. The van der Waals surface area contributed by atoms with Crippen molar-refractivity contribution in [2.45, 2.75) is 25.2 Å². The number of aryl methyl sites for hydroxylation is 1. The molecular weight excluding hydrogens is 278 g/mol. The molecule has 0 amide bonds. The Balaban J connectivity index is 1.72. The van der Waals surface area contributed by atoms with E-state index in [2.05, 4.69) is 17.5 Å². The molecule has 0 radical (unpaired) electrons. The van der Waals surface area contributed by atoms with Crippen LogP contribution in [0.15, 0.2) is 29.6 Å². The van der Waals surface area contributed by atoms with Gasteiger partial charge in [0.05, 0.1) is 17.3 Å². The number of hydrogen-bond donors (Lipinski definition) is 0. The zero-order valence-electron chi connectivity index (χ0n) is 10.6. The molecule has 0 fully saturated rings. The van der Waals surface area contributed by atoms with Crippen LogP contribution < -0.4 is 4.74 Å². The van der Waals surface area contributed by atoms with Crippen molar-refractivity contribution in [1.29, 1.82) is 0 Å². The summed E-state index contributed by atoms with van der Waals surface area (Å²) in [4.78, 5) is 4.72. The van der Waals surface area contributed by atoms with Gasteiger partial charge in [-0.15, -0.1) is 22.9 Å². The second-order valence-electron chi connectivity index (χ2n) is 4.79. The molecule has 1 aromatic heterocycles. The zero-order chi connectivity index (χ0) is 13.1. The molecule has 2 nitrogen and oxygen atoms in total. The van der Waals surface area contributed by atoms with Crippen LogP contribution in [0.5, 0.6) is 5.75 Å². The lowest BCUT2D eigenvalue weighted by Crippen LogP contribution is -2.19. The number of alkyl halides is 1. The summed E-state index contributed by atoms with van der Waals surface area (Å²) in [5.74, 6) is 2.12. The van der Waals surface area contributed by atoms with Crippen LogP contribution in [0.3, 0.4) is 0 Å². The molecule has 19 heavy (non-hydrogen) atoms. The van der Waals surface area contributed by atoms with Crippen molar-refractivity contribution in [2.24, 2.45) is 0 Å². The van der Waals surface area contributed by atoms with Crippen LogP contribution in [0.1, 0.15) is 28.6 Å². The number of halogens is 1. The number of rotatable bonds is 4. The molecule has 0 saturated heterocycles. The van der Waals surface area contributed by atoms with Crippen molar-refractivity contribution in [2.75, 3.05) is 12.5 Å². The van der Waals surface area contributed by atoms with E-state index in [1.165, 1.54) is 16.3 Å². The van der Waals surface area contributed by atoms with Gasteiger partial charge < -0.3 is 4.74 Å². The Hall–Kier alpha value is -1.06. The molecule has 3 rings (SSSR count). The maximum atomic E-state index is 5.83. The summed E-state index contributed by atoms with van der Waals surface area (Å²) in [7, 11) is 0. The minimum Gasteiger partial charge on any atom is -0.493 e. The van der Waals surface area contributed by atoms with Crippen molar-refractivity contribution >= 4 is 22.9 Å². The van der Waals surface area contributed by atoms with Crippen LogP contribution in [0, 0.1) is 0 Å². The number of hydrogen-bond acceptors (Lipinski definition) is 3. The Bertz CT molecular complexity index is 555. The topological polar surface area (TPSA) is 22.1 Å². The maximum absolute atomic E-state index is 5.83. The number of nitrogens with zero attached hydrogens (tertiary/aromatic N) is 1. The molecule has 2 aromatic rings. The molecule has 1 atom stereocenters. The van der Waals surface area contributed by atoms with Gasteiger partial charge in [0, 0.05) is 17.2 Å². The van der Waals surface area contributed by atoms with E-state index in [1.54, 1.807) is 11.3 Å². The van der Waals surface area contributed by atoms with Crippen LogP contribution in [0.25, 0.3) is 0 Å². The fourth-order valence-electron chi connectivity index (χ4n) is 2.36. The van der Waals surface area contributed by atoms with Gasteiger partial charge in [0.15, 0.2) is 0 Å². The number of thiazole rings is 1. The van der Waals surface area contributed by atoms with E-state index in [1.807, 2.05) is 12.1 Å². The van der Waals surface area contributed by atoms with Gasteiger partial charge in [0.25, 0.3) is 0 Å². The number of benzene rings is 1. The summed E-state index contributed by atoms with van der Waals surface area (Å²) in [5, 5.41) is 3.35. The summed E-state index contributed by atoms with van der Waals surface area (Å²) in [6.45, 7) is 0.736. The van der Waals surface area contributed by atoms with Crippen molar-refractivity contribution < 1.29 is 4.74 Å². The third-order valence-electron chi connectivity index (χ3n) is 3.36. The highest BCUT2D eigenvalue weighted by Gasteiger charge is 2.23. The molecule has 0 bridgehead atoms. The zero-order valence-corrected chi connectivity index (χ0v) is 12.2. The maximum Gasteiger partial charge on any atom is 0.122 e. The minimum atomic E-state index is 0.393. The first-order chi connectivity index (χ1) is 9.36. The van der Waals surface area contributed by atoms with Gasteiger partial charge in [-0.25, -0.2) is 4.98 Å². The Morgan fingerprint density at radius 1 is 1.37 bits per heavy atom. The quantitative estimate of drug-likeness (QED) is 0.794. The molecule has 0 aliphatic carbocycles. The van der Waals surface area contributed by atoms with E-state index in [9.17, 15) is 0 Å². The number of ether oxygens (including phenoxy) is 1. The highest BCUT2D eigenvalue weighted by molar-refractivity contribution is 7.09. The van der Waals surface area contributed by atoms with Crippen molar-refractivity contribution in [3.63, 3.8) is 0 Å². The highest BCUT2D eigenvalue weighted by atomic mass is 35.5. The lowest BCUT2D eigenvalue weighted by molar-refractivity contribution is 0.262. The summed E-state index contributed by atoms with van der Waals surface area (Å²) in [6, 6.07) is 8.27.